The van der Waals surface area contributed by atoms with Crippen molar-refractivity contribution in [2.75, 3.05) is 38.6 Å². The predicted octanol–water partition coefficient (Wildman–Crippen LogP) is 2.50. The first-order chi connectivity index (χ1) is 9.29. The predicted molar refractivity (Wildman–Crippen MR) is 86.5 cm³/mol. The van der Waals surface area contributed by atoms with Gasteiger partial charge in [0.05, 0.1) is 0 Å². The normalized spacial score (nSPS) is 16.1. The molecule has 1 heterocycles. The fourth-order valence-electron chi connectivity index (χ4n) is 2.17. The highest BCUT2D eigenvalue weighted by molar-refractivity contribution is 6.27. The third kappa shape index (κ3) is 5.16. The number of benzene rings is 1. The Kier molecular flexibility index (Phi) is 7.67. The summed E-state index contributed by atoms with van der Waals surface area (Å²) in [4.78, 5) is 15.6. The summed E-state index contributed by atoms with van der Waals surface area (Å²) in [5.41, 5.74) is 1.22. The number of carbonyl (C=O) groups excluding carboxylic acids is 1. The van der Waals surface area contributed by atoms with Crippen LogP contribution in [0, 0.1) is 0 Å². The first kappa shape index (κ1) is 17.0. The maximum absolute atomic E-state index is 11.4. The summed E-state index contributed by atoms with van der Waals surface area (Å²) in [5, 5.41) is 0. The molecule has 1 saturated heterocycles. The third-order valence-electron chi connectivity index (χ3n) is 3.31. The van der Waals surface area contributed by atoms with Gasteiger partial charge in [-0.1, -0.05) is 42.5 Å². The van der Waals surface area contributed by atoms with Crippen LogP contribution in [0.25, 0.3) is 6.08 Å². The molecule has 20 heavy (non-hydrogen) atoms. The molecule has 3 nitrogen and oxygen atoms in total. The minimum atomic E-state index is 0. The van der Waals surface area contributed by atoms with E-state index in [1.807, 2.05) is 23.1 Å². The van der Waals surface area contributed by atoms with Crippen molar-refractivity contribution in [1.29, 1.82) is 0 Å². The molecule has 2 rings (SSSR count). The smallest absolute Gasteiger partial charge is 0.237 e. The number of rotatable bonds is 4. The Morgan fingerprint density at radius 2 is 1.80 bits per heavy atom. The van der Waals surface area contributed by atoms with Gasteiger partial charge < -0.3 is 4.90 Å². The van der Waals surface area contributed by atoms with Crippen LogP contribution in [0.5, 0.6) is 0 Å². The molecule has 5 heteroatoms. The highest BCUT2D eigenvalue weighted by Gasteiger charge is 2.19. The van der Waals surface area contributed by atoms with Crippen molar-refractivity contribution in [2.45, 2.75) is 0 Å². The zero-order valence-corrected chi connectivity index (χ0v) is 12.9. The highest BCUT2D eigenvalue weighted by atomic mass is 35.5. The number of piperazine rings is 1. The number of alkyl halides is 1. The molecular formula is C15H20Cl2N2O. The number of amides is 1. The molecular weight excluding hydrogens is 295 g/mol. The van der Waals surface area contributed by atoms with Crippen molar-refractivity contribution < 1.29 is 4.79 Å². The van der Waals surface area contributed by atoms with Crippen LogP contribution in [-0.4, -0.2) is 54.3 Å². The second-order valence-corrected chi connectivity index (χ2v) is 4.90. The Morgan fingerprint density at radius 3 is 2.40 bits per heavy atom. The van der Waals surface area contributed by atoms with E-state index in [9.17, 15) is 4.79 Å². The molecule has 1 fully saturated rings. The standard InChI is InChI=1S/C15H19ClN2O.ClH/c16-13-15(19)18-11-9-17(10-12-18)8-4-7-14-5-2-1-3-6-14;/h1-7H,8-13H2;1H. The van der Waals surface area contributed by atoms with E-state index >= 15 is 0 Å². The minimum Gasteiger partial charge on any atom is -0.339 e. The molecule has 0 radical (unpaired) electrons. The molecule has 0 atom stereocenters. The lowest BCUT2D eigenvalue weighted by molar-refractivity contribution is -0.130. The van der Waals surface area contributed by atoms with Crippen molar-refractivity contribution in [3.05, 3.63) is 42.0 Å². The van der Waals surface area contributed by atoms with Crippen LogP contribution in [-0.2, 0) is 4.79 Å². The van der Waals surface area contributed by atoms with Crippen LogP contribution < -0.4 is 0 Å². The van der Waals surface area contributed by atoms with E-state index in [1.54, 1.807) is 0 Å². The largest absolute Gasteiger partial charge is 0.339 e. The lowest BCUT2D eigenvalue weighted by Gasteiger charge is -2.33. The van der Waals surface area contributed by atoms with Gasteiger partial charge >= 0.3 is 0 Å². The van der Waals surface area contributed by atoms with E-state index < -0.39 is 0 Å². The molecule has 1 aliphatic rings. The Balaban J connectivity index is 0.00000200. The van der Waals surface area contributed by atoms with E-state index in [-0.39, 0.29) is 24.2 Å². The monoisotopic (exact) mass is 314 g/mol. The summed E-state index contributed by atoms with van der Waals surface area (Å²) in [6.07, 6.45) is 4.31. The van der Waals surface area contributed by atoms with Gasteiger partial charge in [0.15, 0.2) is 0 Å². The third-order valence-corrected chi connectivity index (χ3v) is 3.54. The van der Waals surface area contributed by atoms with Crippen LogP contribution in [0.4, 0.5) is 0 Å². The van der Waals surface area contributed by atoms with Crippen LogP contribution in [0.1, 0.15) is 5.56 Å². The van der Waals surface area contributed by atoms with Gasteiger partial charge in [0.25, 0.3) is 0 Å². The van der Waals surface area contributed by atoms with Crippen LogP contribution in [0.2, 0.25) is 0 Å². The number of hydrogen-bond donors (Lipinski definition) is 0. The van der Waals surface area contributed by atoms with E-state index in [2.05, 4.69) is 29.2 Å². The van der Waals surface area contributed by atoms with Crippen molar-refractivity contribution in [3.63, 3.8) is 0 Å². The summed E-state index contributed by atoms with van der Waals surface area (Å²) in [6, 6.07) is 10.3. The van der Waals surface area contributed by atoms with E-state index in [4.69, 9.17) is 11.6 Å². The van der Waals surface area contributed by atoms with Gasteiger partial charge in [0.2, 0.25) is 5.91 Å². The Hall–Kier alpha value is -1.03. The summed E-state index contributed by atoms with van der Waals surface area (Å²) in [6.45, 7) is 4.33. The van der Waals surface area contributed by atoms with Gasteiger partial charge in [-0.3, -0.25) is 9.69 Å². The van der Waals surface area contributed by atoms with Crippen molar-refractivity contribution >= 4 is 36.0 Å². The summed E-state index contributed by atoms with van der Waals surface area (Å²) < 4.78 is 0. The zero-order valence-electron chi connectivity index (χ0n) is 11.4. The van der Waals surface area contributed by atoms with Gasteiger partial charge in [-0.05, 0) is 5.56 Å². The quantitative estimate of drug-likeness (QED) is 0.797. The molecule has 1 aliphatic heterocycles. The molecule has 1 amide bonds. The molecule has 0 aliphatic carbocycles. The second-order valence-electron chi connectivity index (χ2n) is 4.63. The van der Waals surface area contributed by atoms with E-state index in [0.717, 1.165) is 32.7 Å². The second kappa shape index (κ2) is 9.01. The van der Waals surface area contributed by atoms with E-state index in [0.29, 0.717) is 0 Å². The zero-order chi connectivity index (χ0) is 13.5. The molecule has 1 aromatic rings. The Labute approximate surface area is 131 Å². The lowest BCUT2D eigenvalue weighted by Crippen LogP contribution is -2.49. The lowest BCUT2D eigenvalue weighted by atomic mass is 10.2. The molecule has 0 saturated carbocycles. The van der Waals surface area contributed by atoms with Crippen molar-refractivity contribution in [2.24, 2.45) is 0 Å². The van der Waals surface area contributed by atoms with Crippen LogP contribution in [0.15, 0.2) is 36.4 Å². The SMILES string of the molecule is Cl.O=C(CCl)N1CCN(CC=Cc2ccccc2)CC1. The van der Waals surface area contributed by atoms with Crippen LogP contribution >= 0.6 is 24.0 Å². The number of carbonyl (C=O) groups is 1. The molecule has 0 unspecified atom stereocenters. The summed E-state index contributed by atoms with van der Waals surface area (Å²) in [5.74, 6) is 0.134. The number of hydrogen-bond acceptors (Lipinski definition) is 2. The van der Waals surface area contributed by atoms with Gasteiger partial charge in [0.1, 0.15) is 5.88 Å². The average molecular weight is 315 g/mol. The van der Waals surface area contributed by atoms with Crippen molar-refractivity contribution in [3.8, 4) is 0 Å². The summed E-state index contributed by atoms with van der Waals surface area (Å²) >= 11 is 5.56. The fourth-order valence-corrected chi connectivity index (χ4v) is 2.34. The fraction of sp³-hybridized carbons (Fsp3) is 0.400. The molecule has 0 bridgehead atoms. The van der Waals surface area contributed by atoms with Gasteiger partial charge in [-0.15, -0.1) is 24.0 Å². The van der Waals surface area contributed by atoms with Gasteiger partial charge in [-0.2, -0.15) is 0 Å². The Morgan fingerprint density at radius 1 is 1.15 bits per heavy atom. The maximum Gasteiger partial charge on any atom is 0.237 e. The molecule has 0 aromatic heterocycles. The molecule has 0 N–H and O–H groups in total. The van der Waals surface area contributed by atoms with Crippen molar-refractivity contribution in [1.82, 2.24) is 9.80 Å². The highest BCUT2D eigenvalue weighted by Crippen LogP contribution is 2.05. The van der Waals surface area contributed by atoms with Gasteiger partial charge in [-0.25, -0.2) is 0 Å². The number of nitrogens with zero attached hydrogens (tertiary/aromatic N) is 2. The first-order valence-corrected chi connectivity index (χ1v) is 7.11. The number of halogens is 2. The maximum atomic E-state index is 11.4. The molecule has 110 valence electrons. The topological polar surface area (TPSA) is 23.6 Å². The van der Waals surface area contributed by atoms with E-state index in [1.165, 1.54) is 5.56 Å². The average Bonchev–Trinajstić information content (AvgIpc) is 2.48. The van der Waals surface area contributed by atoms with Crippen LogP contribution in [0.3, 0.4) is 0 Å². The Bertz CT molecular complexity index is 429. The molecule has 0 spiro atoms. The first-order valence-electron chi connectivity index (χ1n) is 6.57. The molecule has 1 aromatic carbocycles. The summed E-state index contributed by atoms with van der Waals surface area (Å²) in [7, 11) is 0. The minimum absolute atomic E-state index is 0. The van der Waals surface area contributed by atoms with Gasteiger partial charge in [0, 0.05) is 32.7 Å².